The van der Waals surface area contributed by atoms with Gasteiger partial charge in [0.05, 0.1) is 35.5 Å². The summed E-state index contributed by atoms with van der Waals surface area (Å²) in [4.78, 5) is 25.6. The smallest absolute Gasteiger partial charge is 0.252 e. The van der Waals surface area contributed by atoms with Crippen LogP contribution in [0.25, 0.3) is 10.9 Å². The molecule has 1 atom stereocenters. The number of aromatic nitrogens is 2. The lowest BCUT2D eigenvalue weighted by Gasteiger charge is -2.37. The second kappa shape index (κ2) is 11.2. The third kappa shape index (κ3) is 5.46. The number of rotatable bonds is 8. The van der Waals surface area contributed by atoms with Crippen molar-refractivity contribution < 1.29 is 13.9 Å². The Morgan fingerprint density at radius 2 is 1.97 bits per heavy atom. The normalized spacial score (nSPS) is 15.7. The average molecular weight is 505 g/mol. The highest BCUT2D eigenvalue weighted by molar-refractivity contribution is 7.09. The lowest BCUT2D eigenvalue weighted by Crippen LogP contribution is -2.43. The molecule has 1 N–H and O–H groups in total. The summed E-state index contributed by atoms with van der Waals surface area (Å²) in [5.41, 5.74) is 4.87. The third-order valence-corrected chi connectivity index (χ3v) is 7.81. The van der Waals surface area contributed by atoms with Crippen molar-refractivity contribution in [1.29, 1.82) is 0 Å². The van der Waals surface area contributed by atoms with Crippen LogP contribution in [-0.2, 0) is 11.3 Å². The first-order chi connectivity index (χ1) is 17.6. The molecule has 1 saturated heterocycles. The first-order valence-electron chi connectivity index (χ1n) is 12.2. The van der Waals surface area contributed by atoms with Crippen LogP contribution in [-0.4, -0.2) is 46.5 Å². The first-order valence-corrected chi connectivity index (χ1v) is 13.1. The minimum atomic E-state index is -0.228. The summed E-state index contributed by atoms with van der Waals surface area (Å²) in [7, 11) is 0. The van der Waals surface area contributed by atoms with Crippen molar-refractivity contribution in [3.63, 3.8) is 0 Å². The lowest BCUT2D eigenvalue weighted by atomic mass is 10.0. The van der Waals surface area contributed by atoms with Gasteiger partial charge in [-0.1, -0.05) is 30.3 Å². The fourth-order valence-corrected chi connectivity index (χ4v) is 5.72. The van der Waals surface area contributed by atoms with Gasteiger partial charge >= 0.3 is 0 Å². The highest BCUT2D eigenvalue weighted by atomic mass is 32.1. The molecule has 2 aromatic heterocycles. The topological polar surface area (TPSA) is 67.4 Å². The van der Waals surface area contributed by atoms with Gasteiger partial charge < -0.3 is 10.1 Å². The van der Waals surface area contributed by atoms with E-state index in [4.69, 9.17) is 4.74 Å². The quantitative estimate of drug-likeness (QED) is 0.353. The zero-order chi connectivity index (χ0) is 24.9. The van der Waals surface area contributed by atoms with Crippen LogP contribution < -0.4 is 5.32 Å². The van der Waals surface area contributed by atoms with Crippen LogP contribution in [0.4, 0.5) is 4.39 Å². The molecule has 1 unspecified atom stereocenters. The Bertz CT molecular complexity index is 1330. The third-order valence-electron chi connectivity index (χ3n) is 6.78. The summed E-state index contributed by atoms with van der Waals surface area (Å²) in [6, 6.07) is 16.2. The van der Waals surface area contributed by atoms with Crippen molar-refractivity contribution in [2.45, 2.75) is 38.5 Å². The summed E-state index contributed by atoms with van der Waals surface area (Å²) in [5, 5.41) is 4.01. The highest BCUT2D eigenvalue weighted by Gasteiger charge is 2.29. The van der Waals surface area contributed by atoms with E-state index in [0.717, 1.165) is 42.5 Å². The van der Waals surface area contributed by atoms with Gasteiger partial charge in [0.25, 0.3) is 5.91 Å². The van der Waals surface area contributed by atoms with E-state index in [1.807, 2.05) is 48.8 Å². The van der Waals surface area contributed by atoms with Crippen LogP contribution >= 0.6 is 11.3 Å². The van der Waals surface area contributed by atoms with Crippen molar-refractivity contribution >= 4 is 28.1 Å². The van der Waals surface area contributed by atoms with Gasteiger partial charge in [-0.05, 0) is 44.0 Å². The summed E-state index contributed by atoms with van der Waals surface area (Å²) >= 11 is 1.62. The molecule has 6 nitrogen and oxygen atoms in total. The first kappa shape index (κ1) is 24.5. The molecule has 1 aliphatic heterocycles. The highest BCUT2D eigenvalue weighted by Crippen LogP contribution is 2.30. The number of benzene rings is 2. The van der Waals surface area contributed by atoms with E-state index in [9.17, 15) is 9.18 Å². The Morgan fingerprint density at radius 1 is 1.14 bits per heavy atom. The van der Waals surface area contributed by atoms with E-state index in [1.165, 1.54) is 10.9 Å². The molecule has 0 radical (unpaired) electrons. The van der Waals surface area contributed by atoms with Gasteiger partial charge in [0.1, 0.15) is 5.82 Å². The molecule has 1 aliphatic rings. The predicted octanol–water partition coefficient (Wildman–Crippen LogP) is 5.29. The molecule has 5 rings (SSSR count). The van der Waals surface area contributed by atoms with Gasteiger partial charge in [-0.3, -0.25) is 14.7 Å². The minimum absolute atomic E-state index is 0.0297. The number of carbonyl (C=O) groups is 1. The molecule has 2 aromatic carbocycles. The van der Waals surface area contributed by atoms with Crippen molar-refractivity contribution in [3.05, 3.63) is 93.8 Å². The number of ether oxygens (including phenoxy) is 1. The van der Waals surface area contributed by atoms with Crippen molar-refractivity contribution in [1.82, 2.24) is 20.2 Å². The van der Waals surface area contributed by atoms with E-state index in [1.54, 1.807) is 29.7 Å². The number of nitrogens with zero attached hydrogens (tertiary/aromatic N) is 3. The van der Waals surface area contributed by atoms with Crippen LogP contribution in [0.5, 0.6) is 0 Å². The van der Waals surface area contributed by atoms with Gasteiger partial charge in [0, 0.05) is 47.2 Å². The maximum atomic E-state index is 13.9. The van der Waals surface area contributed by atoms with Gasteiger partial charge in [0.2, 0.25) is 0 Å². The second-order valence-electron chi connectivity index (χ2n) is 9.04. The van der Waals surface area contributed by atoms with Crippen LogP contribution in [0.3, 0.4) is 0 Å². The van der Waals surface area contributed by atoms with Crippen LogP contribution in [0.2, 0.25) is 0 Å². The minimum Gasteiger partial charge on any atom is -0.373 e. The summed E-state index contributed by atoms with van der Waals surface area (Å²) in [5.74, 6) is -0.336. The number of halogens is 1. The van der Waals surface area contributed by atoms with Gasteiger partial charge in [-0.15, -0.1) is 11.3 Å². The summed E-state index contributed by atoms with van der Waals surface area (Å²) < 4.78 is 20.0. The van der Waals surface area contributed by atoms with Crippen LogP contribution in [0, 0.1) is 12.7 Å². The molecule has 186 valence electrons. The molecule has 0 bridgehead atoms. The number of likely N-dealkylation sites (tertiary alicyclic amines) is 1. The molecule has 0 saturated carbocycles. The summed E-state index contributed by atoms with van der Waals surface area (Å²) in [6.45, 7) is 4.45. The molecule has 36 heavy (non-hydrogen) atoms. The number of fused-ring (bicyclic) bond motifs is 1. The molecule has 0 spiro atoms. The molecule has 1 amide bonds. The Kier molecular flexibility index (Phi) is 7.65. The Labute approximate surface area is 214 Å². The van der Waals surface area contributed by atoms with E-state index < -0.39 is 0 Å². The zero-order valence-electron chi connectivity index (χ0n) is 20.2. The Hall–Kier alpha value is -3.20. The number of hydrogen-bond donors (Lipinski definition) is 1. The van der Waals surface area contributed by atoms with Gasteiger partial charge in [-0.25, -0.2) is 9.37 Å². The number of amides is 1. The molecule has 0 aliphatic carbocycles. The predicted molar refractivity (Wildman–Crippen MR) is 139 cm³/mol. The number of aryl methyl sites for hydroxylation is 1. The van der Waals surface area contributed by atoms with Crippen molar-refractivity contribution in [2.75, 3.05) is 19.6 Å². The van der Waals surface area contributed by atoms with E-state index >= 15 is 0 Å². The number of piperidine rings is 1. The maximum absolute atomic E-state index is 13.9. The van der Waals surface area contributed by atoms with Gasteiger partial charge in [-0.2, -0.15) is 0 Å². The second-order valence-corrected chi connectivity index (χ2v) is 9.93. The van der Waals surface area contributed by atoms with Crippen molar-refractivity contribution in [3.8, 4) is 0 Å². The summed E-state index contributed by atoms with van der Waals surface area (Å²) in [6.07, 6.45) is 3.52. The molecule has 4 aromatic rings. The molecule has 3 heterocycles. The zero-order valence-corrected chi connectivity index (χ0v) is 21.0. The van der Waals surface area contributed by atoms with Gasteiger partial charge in [0.15, 0.2) is 0 Å². The maximum Gasteiger partial charge on any atom is 0.252 e. The number of pyridine rings is 1. The lowest BCUT2D eigenvalue weighted by molar-refractivity contribution is -0.0119. The van der Waals surface area contributed by atoms with Crippen LogP contribution in [0.1, 0.15) is 45.4 Å². The fraction of sp³-hybridized carbons (Fsp3) is 0.321. The monoisotopic (exact) mass is 504 g/mol. The number of nitrogens with one attached hydrogen (secondary N) is 1. The Balaban J connectivity index is 1.24. The average Bonchev–Trinajstić information content (AvgIpc) is 3.34. The van der Waals surface area contributed by atoms with Crippen molar-refractivity contribution in [2.24, 2.45) is 0 Å². The molecular formula is C28H29FN4O2S. The molecular weight excluding hydrogens is 475 g/mol. The molecule has 8 heteroatoms. The molecule has 1 fully saturated rings. The Morgan fingerprint density at radius 3 is 2.75 bits per heavy atom. The van der Waals surface area contributed by atoms with E-state index in [-0.39, 0.29) is 30.5 Å². The SMILES string of the molecule is Cc1ncsc1C(CNC(=O)c1cccc2ncccc12)N1CCC(OCc2ccccc2F)CC1. The number of thiazole rings is 1. The fourth-order valence-electron chi connectivity index (χ4n) is 4.78. The number of carbonyl (C=O) groups excluding carboxylic acids is 1. The van der Waals surface area contributed by atoms with Crippen LogP contribution in [0.15, 0.2) is 66.3 Å². The largest absolute Gasteiger partial charge is 0.373 e. The van der Waals surface area contributed by atoms with E-state index in [0.29, 0.717) is 17.7 Å². The standard InChI is InChI=1S/C28H29FN4O2S/c1-19-27(36-18-32-19)26(16-31-28(34)23-7-4-10-25-22(23)8-5-13-30-25)33-14-11-21(12-15-33)35-17-20-6-2-3-9-24(20)29/h2-10,13,18,21,26H,11-12,14-17H2,1H3,(H,31,34). The van der Waals surface area contributed by atoms with E-state index in [2.05, 4.69) is 20.2 Å². The number of hydrogen-bond acceptors (Lipinski definition) is 6.